The van der Waals surface area contributed by atoms with Gasteiger partial charge in [-0.2, -0.15) is 0 Å². The molecular formula is C8H21Cl3OTi. The van der Waals surface area contributed by atoms with Gasteiger partial charge in [0, 0.05) is 28.3 Å². The zero-order valence-electron chi connectivity index (χ0n) is 8.28. The van der Waals surface area contributed by atoms with Gasteiger partial charge in [0.05, 0.1) is 0 Å². The van der Waals surface area contributed by atoms with Crippen molar-refractivity contribution in [3.63, 3.8) is 0 Å². The summed E-state index contributed by atoms with van der Waals surface area (Å²) in [5, 5.41) is 8.75. The number of hydrogen-bond donors (Lipinski definition) is 1. The van der Waals surface area contributed by atoms with Crippen LogP contribution in [0.25, 0.3) is 0 Å². The van der Waals surface area contributed by atoms with E-state index in [1.165, 1.54) is 19.3 Å². The van der Waals surface area contributed by atoms with E-state index in [0.29, 0.717) is 12.5 Å². The van der Waals surface area contributed by atoms with Crippen LogP contribution in [0, 0.1) is 5.92 Å². The van der Waals surface area contributed by atoms with E-state index in [1.807, 2.05) is 0 Å². The molecule has 0 aliphatic rings. The van der Waals surface area contributed by atoms with Crippen LogP contribution in [0.4, 0.5) is 0 Å². The third-order valence-corrected chi connectivity index (χ3v) is 1.80. The predicted octanol–water partition coefficient (Wildman–Crippen LogP) is 3.46. The first-order valence-electron chi connectivity index (χ1n) is 3.96. The third-order valence-electron chi connectivity index (χ3n) is 1.80. The maximum atomic E-state index is 8.75. The summed E-state index contributed by atoms with van der Waals surface area (Å²) in [7, 11) is 0. The molecule has 0 aliphatic heterocycles. The molecule has 1 atom stereocenters. The van der Waals surface area contributed by atoms with E-state index in [4.69, 9.17) is 5.11 Å². The number of aliphatic hydroxyl groups is 1. The van der Waals surface area contributed by atoms with Gasteiger partial charge in [-0.1, -0.05) is 33.1 Å². The van der Waals surface area contributed by atoms with Gasteiger partial charge >= 0.3 is 0 Å². The Morgan fingerprint density at radius 2 is 1.54 bits per heavy atom. The summed E-state index contributed by atoms with van der Waals surface area (Å²) >= 11 is 0. The first-order valence-corrected chi connectivity index (χ1v) is 3.96. The Labute approximate surface area is 116 Å². The Morgan fingerprint density at radius 3 is 1.77 bits per heavy atom. The minimum Gasteiger partial charge on any atom is -0.396 e. The Kier molecular flexibility index (Phi) is 52.7. The maximum absolute atomic E-state index is 8.75. The molecule has 0 rings (SSSR count). The number of unbranched alkanes of at least 4 members (excludes halogenated alkanes) is 1. The van der Waals surface area contributed by atoms with Gasteiger partial charge in [-0.05, 0) is 12.3 Å². The summed E-state index contributed by atoms with van der Waals surface area (Å²) in [6.45, 7) is 4.69. The second-order valence-electron chi connectivity index (χ2n) is 2.60. The molecule has 0 radical (unpaired) electrons. The van der Waals surface area contributed by atoms with Crippen molar-refractivity contribution >= 4 is 37.2 Å². The van der Waals surface area contributed by atoms with Crippen LogP contribution in [-0.4, -0.2) is 11.7 Å². The Bertz CT molecular complexity index is 63.4. The summed E-state index contributed by atoms with van der Waals surface area (Å²) < 4.78 is 0. The zero-order chi connectivity index (χ0) is 7.11. The quantitative estimate of drug-likeness (QED) is 0.768. The molecule has 0 saturated heterocycles. The van der Waals surface area contributed by atoms with Crippen molar-refractivity contribution in [2.45, 2.75) is 39.5 Å². The molecule has 0 bridgehead atoms. The van der Waals surface area contributed by atoms with Crippen LogP contribution in [0.5, 0.6) is 0 Å². The van der Waals surface area contributed by atoms with Crippen molar-refractivity contribution in [2.24, 2.45) is 5.92 Å². The fraction of sp³-hybridized carbons (Fsp3) is 1.00. The molecule has 5 heteroatoms. The molecule has 1 unspecified atom stereocenters. The molecule has 1 nitrogen and oxygen atoms in total. The topological polar surface area (TPSA) is 20.2 Å². The number of halogens is 3. The minimum absolute atomic E-state index is 0. The van der Waals surface area contributed by atoms with Crippen LogP contribution in [0.2, 0.25) is 0 Å². The van der Waals surface area contributed by atoms with Crippen molar-refractivity contribution in [3.8, 4) is 0 Å². The fourth-order valence-corrected chi connectivity index (χ4v) is 0.917. The van der Waals surface area contributed by atoms with Crippen LogP contribution in [0.1, 0.15) is 39.5 Å². The normalized spacial score (nSPS) is 9.46. The van der Waals surface area contributed by atoms with Gasteiger partial charge in [0.2, 0.25) is 0 Å². The van der Waals surface area contributed by atoms with Gasteiger partial charge in [-0.15, -0.1) is 37.2 Å². The molecule has 13 heavy (non-hydrogen) atoms. The van der Waals surface area contributed by atoms with Gasteiger partial charge < -0.3 is 5.11 Å². The molecule has 0 aromatic heterocycles. The number of hydrogen-bond acceptors (Lipinski definition) is 1. The van der Waals surface area contributed by atoms with E-state index in [2.05, 4.69) is 13.8 Å². The fourth-order valence-electron chi connectivity index (χ4n) is 0.917. The van der Waals surface area contributed by atoms with Crippen molar-refractivity contribution in [3.05, 3.63) is 0 Å². The van der Waals surface area contributed by atoms with Crippen molar-refractivity contribution in [1.29, 1.82) is 0 Å². The van der Waals surface area contributed by atoms with Crippen LogP contribution in [0.3, 0.4) is 0 Å². The molecule has 0 aliphatic carbocycles. The third kappa shape index (κ3) is 19.8. The van der Waals surface area contributed by atoms with Gasteiger partial charge in [0.25, 0.3) is 0 Å². The number of aliphatic hydroxyl groups excluding tert-OH is 1. The van der Waals surface area contributed by atoms with E-state index in [-0.39, 0.29) is 58.9 Å². The van der Waals surface area contributed by atoms with E-state index in [9.17, 15) is 0 Å². The molecular weight excluding hydrogens is 266 g/mol. The Hall–Kier alpha value is 1.54. The van der Waals surface area contributed by atoms with Gasteiger partial charge in [0.15, 0.2) is 0 Å². The largest absolute Gasteiger partial charge is 0.396 e. The molecule has 0 aromatic carbocycles. The van der Waals surface area contributed by atoms with Crippen molar-refractivity contribution in [2.75, 3.05) is 6.61 Å². The summed E-state index contributed by atoms with van der Waals surface area (Å²) in [6, 6.07) is 0. The smallest absolute Gasteiger partial charge is 0.0459 e. The average molecular weight is 287 g/mol. The van der Waals surface area contributed by atoms with E-state index < -0.39 is 0 Å². The van der Waals surface area contributed by atoms with E-state index in [1.54, 1.807) is 0 Å². The van der Waals surface area contributed by atoms with Gasteiger partial charge in [0.1, 0.15) is 0 Å². The van der Waals surface area contributed by atoms with Crippen LogP contribution < -0.4 is 0 Å². The molecule has 84 valence electrons. The first-order chi connectivity index (χ1) is 4.35. The SMILES string of the molecule is CCCCC(CC)CO.Cl.Cl.Cl.[Ti]. The molecule has 0 amide bonds. The second kappa shape index (κ2) is 23.4. The Morgan fingerprint density at radius 1 is 1.08 bits per heavy atom. The molecule has 0 fully saturated rings. The minimum atomic E-state index is 0. The van der Waals surface area contributed by atoms with Crippen LogP contribution in [0.15, 0.2) is 0 Å². The summed E-state index contributed by atoms with van der Waals surface area (Å²) in [5.41, 5.74) is 0. The predicted molar refractivity (Wildman–Crippen MR) is 62.1 cm³/mol. The van der Waals surface area contributed by atoms with E-state index >= 15 is 0 Å². The first kappa shape index (κ1) is 29.3. The van der Waals surface area contributed by atoms with Crippen LogP contribution >= 0.6 is 37.2 Å². The molecule has 0 heterocycles. The van der Waals surface area contributed by atoms with Gasteiger partial charge in [-0.3, -0.25) is 0 Å². The van der Waals surface area contributed by atoms with Crippen LogP contribution in [-0.2, 0) is 21.7 Å². The van der Waals surface area contributed by atoms with Crippen molar-refractivity contribution in [1.82, 2.24) is 0 Å². The Balaban J connectivity index is -0.0000000533. The molecule has 0 spiro atoms. The maximum Gasteiger partial charge on any atom is 0.0459 e. The summed E-state index contributed by atoms with van der Waals surface area (Å²) in [5.74, 6) is 0.560. The number of rotatable bonds is 5. The average Bonchev–Trinajstić information content (AvgIpc) is 1.91. The standard InChI is InChI=1S/C8H18O.3ClH.Ti/c1-3-5-6-8(4-2)7-9;;;;/h8-9H,3-7H2,1-2H3;3*1H;. The zero-order valence-corrected chi connectivity index (χ0v) is 12.3. The monoisotopic (exact) mass is 286 g/mol. The summed E-state index contributed by atoms with van der Waals surface area (Å²) in [6.07, 6.45) is 4.83. The molecule has 0 aromatic rings. The molecule has 1 N–H and O–H groups in total. The molecule has 0 saturated carbocycles. The van der Waals surface area contributed by atoms with Crippen molar-refractivity contribution < 1.29 is 26.8 Å². The summed E-state index contributed by atoms with van der Waals surface area (Å²) in [4.78, 5) is 0. The van der Waals surface area contributed by atoms with Gasteiger partial charge in [-0.25, -0.2) is 0 Å². The van der Waals surface area contributed by atoms with E-state index in [0.717, 1.165) is 6.42 Å². The second-order valence-corrected chi connectivity index (χ2v) is 2.60.